The molecule has 0 heterocycles. The zero-order valence-electron chi connectivity index (χ0n) is 22.7. The number of nitrogens with zero attached hydrogens (tertiary/aromatic N) is 1. The highest BCUT2D eigenvalue weighted by atomic mass is 16.4. The van der Waals surface area contributed by atoms with Crippen molar-refractivity contribution >= 4 is 5.97 Å². The quantitative estimate of drug-likeness (QED) is 0.120. The summed E-state index contributed by atoms with van der Waals surface area (Å²) in [4.78, 5) is 10.8. The molecule has 0 bridgehead atoms. The first-order valence-corrected chi connectivity index (χ1v) is 14.6. The normalized spacial score (nSPS) is 13.1. The molecule has 3 heteroatoms. The van der Waals surface area contributed by atoms with E-state index in [4.69, 9.17) is 5.11 Å². The van der Waals surface area contributed by atoms with Crippen LogP contribution in [0.15, 0.2) is 30.3 Å². The minimum Gasteiger partial charge on any atom is -0.481 e. The summed E-state index contributed by atoms with van der Waals surface area (Å²) in [5.41, 5.74) is 1.43. The SMILES string of the molecule is CCCCCCCCCCCCCCCC[N+](C)(CCCCCC(=O)O)CCc1ccccc1. The zero-order valence-corrected chi connectivity index (χ0v) is 22.7. The first-order valence-electron chi connectivity index (χ1n) is 14.6. The first-order chi connectivity index (χ1) is 16.6. The summed E-state index contributed by atoms with van der Waals surface area (Å²) in [6.45, 7) is 5.90. The fourth-order valence-electron chi connectivity index (χ4n) is 5.01. The molecule has 0 saturated carbocycles. The fourth-order valence-corrected chi connectivity index (χ4v) is 5.01. The van der Waals surface area contributed by atoms with Gasteiger partial charge in [-0.1, -0.05) is 114 Å². The average Bonchev–Trinajstić information content (AvgIpc) is 2.83. The molecule has 1 aromatic carbocycles. The van der Waals surface area contributed by atoms with E-state index in [0.29, 0.717) is 6.42 Å². The second-order valence-electron chi connectivity index (χ2n) is 10.8. The van der Waals surface area contributed by atoms with E-state index in [1.807, 2.05) is 0 Å². The van der Waals surface area contributed by atoms with Crippen LogP contribution in [-0.4, -0.2) is 42.2 Å². The highest BCUT2D eigenvalue weighted by Crippen LogP contribution is 2.16. The zero-order chi connectivity index (χ0) is 24.7. The van der Waals surface area contributed by atoms with E-state index >= 15 is 0 Å². The number of hydrogen-bond acceptors (Lipinski definition) is 1. The predicted octanol–water partition coefficient (Wildman–Crippen LogP) is 8.80. The van der Waals surface area contributed by atoms with Gasteiger partial charge in [0.1, 0.15) is 0 Å². The molecular weight excluding hydrogens is 418 g/mol. The van der Waals surface area contributed by atoms with E-state index in [2.05, 4.69) is 44.3 Å². The van der Waals surface area contributed by atoms with Gasteiger partial charge in [0.15, 0.2) is 0 Å². The molecule has 196 valence electrons. The molecular formula is C31H56NO2+. The van der Waals surface area contributed by atoms with Crippen molar-refractivity contribution in [1.82, 2.24) is 0 Å². The summed E-state index contributed by atoms with van der Waals surface area (Å²) in [5, 5.41) is 8.87. The lowest BCUT2D eigenvalue weighted by atomic mass is 10.0. The number of likely N-dealkylation sites (N-methyl/N-ethyl adjacent to an activating group) is 1. The number of quaternary nitrogens is 1. The van der Waals surface area contributed by atoms with Gasteiger partial charge in [0.05, 0.1) is 26.7 Å². The molecule has 0 aliphatic heterocycles. The summed E-state index contributed by atoms with van der Waals surface area (Å²) in [6, 6.07) is 10.8. The van der Waals surface area contributed by atoms with E-state index < -0.39 is 5.97 Å². The molecule has 0 fully saturated rings. The van der Waals surface area contributed by atoms with Crippen molar-refractivity contribution in [2.24, 2.45) is 0 Å². The molecule has 0 saturated heterocycles. The number of hydrogen-bond donors (Lipinski definition) is 1. The number of unbranched alkanes of at least 4 members (excludes halogenated alkanes) is 15. The molecule has 1 aromatic rings. The second kappa shape index (κ2) is 21.0. The van der Waals surface area contributed by atoms with Gasteiger partial charge in [-0.3, -0.25) is 4.79 Å². The van der Waals surface area contributed by atoms with Crippen molar-refractivity contribution in [3.05, 3.63) is 35.9 Å². The monoisotopic (exact) mass is 474 g/mol. The molecule has 1 unspecified atom stereocenters. The lowest BCUT2D eigenvalue weighted by Gasteiger charge is -2.35. The van der Waals surface area contributed by atoms with Gasteiger partial charge in [0.25, 0.3) is 0 Å². The number of aliphatic carboxylic acids is 1. The van der Waals surface area contributed by atoms with E-state index in [9.17, 15) is 4.79 Å². The van der Waals surface area contributed by atoms with Crippen LogP contribution in [0, 0.1) is 0 Å². The molecule has 1 N–H and O–H groups in total. The number of carboxylic acids is 1. The van der Waals surface area contributed by atoms with Gasteiger partial charge in [-0.05, 0) is 37.7 Å². The Kier molecular flexibility index (Phi) is 18.9. The van der Waals surface area contributed by atoms with Crippen molar-refractivity contribution in [2.75, 3.05) is 26.7 Å². The third kappa shape index (κ3) is 18.0. The summed E-state index contributed by atoms with van der Waals surface area (Å²) in [5.74, 6) is -0.663. The van der Waals surface area contributed by atoms with Gasteiger partial charge >= 0.3 is 5.97 Å². The second-order valence-corrected chi connectivity index (χ2v) is 10.8. The van der Waals surface area contributed by atoms with Crippen LogP contribution >= 0.6 is 0 Å². The van der Waals surface area contributed by atoms with Crippen molar-refractivity contribution in [1.29, 1.82) is 0 Å². The van der Waals surface area contributed by atoms with Gasteiger partial charge in [0, 0.05) is 12.8 Å². The summed E-state index contributed by atoms with van der Waals surface area (Å²) >= 11 is 0. The van der Waals surface area contributed by atoms with Gasteiger partial charge in [-0.2, -0.15) is 0 Å². The van der Waals surface area contributed by atoms with Crippen molar-refractivity contribution in [3.63, 3.8) is 0 Å². The molecule has 0 radical (unpaired) electrons. The van der Waals surface area contributed by atoms with Gasteiger partial charge in [0.2, 0.25) is 0 Å². The van der Waals surface area contributed by atoms with Gasteiger partial charge < -0.3 is 9.59 Å². The van der Waals surface area contributed by atoms with E-state index in [-0.39, 0.29) is 0 Å². The van der Waals surface area contributed by atoms with Gasteiger partial charge in [-0.25, -0.2) is 0 Å². The molecule has 34 heavy (non-hydrogen) atoms. The Hall–Kier alpha value is -1.35. The Labute approximate surface area is 211 Å². The van der Waals surface area contributed by atoms with E-state index in [1.54, 1.807) is 0 Å². The largest absolute Gasteiger partial charge is 0.481 e. The third-order valence-corrected chi connectivity index (χ3v) is 7.42. The standard InChI is InChI=1S/C31H55NO2/c1-3-4-5-6-7-8-9-10-11-12-13-14-15-21-27-32(2,28-22-17-20-25-31(33)34)29-26-30-23-18-16-19-24-30/h16,18-19,23-24H,3-15,17,20-22,25-29H2,1-2H3/p+1. The Morgan fingerprint density at radius 2 is 1.09 bits per heavy atom. The van der Waals surface area contributed by atoms with Crippen LogP contribution in [-0.2, 0) is 11.2 Å². The summed E-state index contributed by atoms with van der Waals surface area (Å²) in [6.07, 6.45) is 24.1. The lowest BCUT2D eigenvalue weighted by Crippen LogP contribution is -2.47. The molecule has 0 aromatic heterocycles. The maximum absolute atomic E-state index is 10.8. The molecule has 0 aliphatic rings. The van der Waals surface area contributed by atoms with Crippen molar-refractivity contribution < 1.29 is 14.4 Å². The van der Waals surface area contributed by atoms with Crippen LogP contribution in [0.2, 0.25) is 0 Å². The molecule has 0 spiro atoms. The Morgan fingerprint density at radius 3 is 1.56 bits per heavy atom. The fraction of sp³-hybridized carbons (Fsp3) is 0.774. The van der Waals surface area contributed by atoms with Crippen LogP contribution in [0.3, 0.4) is 0 Å². The van der Waals surface area contributed by atoms with E-state index in [0.717, 1.165) is 30.2 Å². The maximum Gasteiger partial charge on any atom is 0.303 e. The number of benzene rings is 1. The third-order valence-electron chi connectivity index (χ3n) is 7.42. The highest BCUT2D eigenvalue weighted by Gasteiger charge is 2.20. The molecule has 0 amide bonds. The molecule has 0 aliphatic carbocycles. The number of rotatable bonds is 24. The van der Waals surface area contributed by atoms with Crippen LogP contribution in [0.25, 0.3) is 0 Å². The topological polar surface area (TPSA) is 37.3 Å². The first kappa shape index (κ1) is 30.7. The van der Waals surface area contributed by atoms with Crippen molar-refractivity contribution in [2.45, 2.75) is 129 Å². The number of carbonyl (C=O) groups is 1. The molecule has 1 rings (SSSR count). The molecule has 1 atom stereocenters. The highest BCUT2D eigenvalue weighted by molar-refractivity contribution is 5.66. The average molecular weight is 475 g/mol. The van der Waals surface area contributed by atoms with Crippen LogP contribution in [0.4, 0.5) is 0 Å². The van der Waals surface area contributed by atoms with E-state index in [1.165, 1.54) is 115 Å². The summed E-state index contributed by atoms with van der Waals surface area (Å²) < 4.78 is 1.13. The predicted molar refractivity (Wildman–Crippen MR) is 147 cm³/mol. The van der Waals surface area contributed by atoms with Crippen LogP contribution < -0.4 is 0 Å². The Bertz CT molecular complexity index is 588. The summed E-state index contributed by atoms with van der Waals surface area (Å²) in [7, 11) is 2.42. The minimum atomic E-state index is -0.663. The smallest absolute Gasteiger partial charge is 0.303 e. The minimum absolute atomic E-state index is 0.312. The lowest BCUT2D eigenvalue weighted by molar-refractivity contribution is -0.909. The van der Waals surface area contributed by atoms with Crippen molar-refractivity contribution in [3.8, 4) is 0 Å². The Morgan fingerprint density at radius 1 is 0.647 bits per heavy atom. The van der Waals surface area contributed by atoms with Gasteiger partial charge in [-0.15, -0.1) is 0 Å². The van der Waals surface area contributed by atoms with Crippen LogP contribution in [0.5, 0.6) is 0 Å². The van der Waals surface area contributed by atoms with Crippen LogP contribution in [0.1, 0.15) is 128 Å². The molecule has 3 nitrogen and oxygen atoms in total. The number of carboxylic acid groups (broad SMARTS) is 1. The Balaban J connectivity index is 2.16. The maximum atomic E-state index is 10.8.